The Bertz CT molecular complexity index is 1330. The fraction of sp³-hybridized carbons (Fsp3) is 0.859. The zero-order chi connectivity index (χ0) is 53.5. The molecular formula is C64H123N2O6P. The van der Waals surface area contributed by atoms with E-state index in [0.29, 0.717) is 17.4 Å². The van der Waals surface area contributed by atoms with Crippen LogP contribution in [0.25, 0.3) is 0 Å². The van der Waals surface area contributed by atoms with Gasteiger partial charge in [0.15, 0.2) is 0 Å². The molecule has 73 heavy (non-hydrogen) atoms. The lowest BCUT2D eigenvalue weighted by molar-refractivity contribution is -0.870. The molecule has 0 aromatic rings. The molecule has 0 aliphatic heterocycles. The van der Waals surface area contributed by atoms with Crippen molar-refractivity contribution in [2.45, 2.75) is 315 Å². The van der Waals surface area contributed by atoms with E-state index in [1.165, 1.54) is 238 Å². The predicted molar refractivity (Wildman–Crippen MR) is 316 cm³/mol. The number of nitrogens with zero attached hydrogens (tertiary/aromatic N) is 1. The first kappa shape index (κ1) is 71.5. The zero-order valence-electron chi connectivity index (χ0n) is 49.1. The third-order valence-electron chi connectivity index (χ3n) is 14.3. The number of aliphatic hydroxyl groups is 1. The van der Waals surface area contributed by atoms with Crippen LogP contribution >= 0.6 is 7.82 Å². The van der Waals surface area contributed by atoms with Crippen LogP contribution in [0.2, 0.25) is 0 Å². The first-order valence-corrected chi connectivity index (χ1v) is 33.0. The van der Waals surface area contributed by atoms with Gasteiger partial charge < -0.3 is 28.8 Å². The molecule has 0 aliphatic rings. The molecule has 0 saturated carbocycles. The van der Waals surface area contributed by atoms with Gasteiger partial charge in [-0.25, -0.2) is 0 Å². The van der Waals surface area contributed by atoms with E-state index in [4.69, 9.17) is 9.05 Å². The van der Waals surface area contributed by atoms with Gasteiger partial charge in [-0.05, 0) is 64.2 Å². The van der Waals surface area contributed by atoms with Gasteiger partial charge in [-0.3, -0.25) is 9.36 Å². The second kappa shape index (κ2) is 55.2. The molecule has 0 radical (unpaired) electrons. The van der Waals surface area contributed by atoms with Crippen LogP contribution in [-0.2, 0) is 18.4 Å². The Hall–Kier alpha value is -1.54. The Morgan fingerprint density at radius 1 is 0.479 bits per heavy atom. The van der Waals surface area contributed by atoms with Crippen LogP contribution < -0.4 is 10.2 Å². The molecule has 3 unspecified atom stereocenters. The number of aliphatic hydroxyl groups excluding tert-OH is 1. The van der Waals surface area contributed by atoms with Gasteiger partial charge in [0, 0.05) is 6.42 Å². The lowest BCUT2D eigenvalue weighted by atomic mass is 10.0. The van der Waals surface area contributed by atoms with Gasteiger partial charge in [0.05, 0.1) is 39.9 Å². The highest BCUT2D eigenvalue weighted by atomic mass is 31.2. The van der Waals surface area contributed by atoms with Crippen molar-refractivity contribution in [3.05, 3.63) is 48.6 Å². The van der Waals surface area contributed by atoms with Crippen molar-refractivity contribution < 1.29 is 32.9 Å². The first-order valence-electron chi connectivity index (χ1n) is 31.5. The molecule has 0 saturated heterocycles. The normalized spacial score (nSPS) is 14.1. The molecule has 1 amide bonds. The fourth-order valence-corrected chi connectivity index (χ4v) is 10.0. The van der Waals surface area contributed by atoms with Crippen LogP contribution in [0.1, 0.15) is 303 Å². The van der Waals surface area contributed by atoms with Gasteiger partial charge >= 0.3 is 0 Å². The number of allylic oxidation sites excluding steroid dienone is 7. The SMILES string of the molecule is CCCCCCC/C=C\C/C=C\CCCCCCCCCCCCCCCCCCCCCCCCCC(=O)NC(COP(=O)([O-])OCC[N+](C)(C)C)C(O)/C=C/CC/C=C/CCCCCCCCCCCC. The molecule has 0 aromatic carbocycles. The smallest absolute Gasteiger partial charge is 0.268 e. The number of nitrogens with one attached hydrogen (secondary N) is 1. The quantitative estimate of drug-likeness (QED) is 0.0272. The molecule has 3 atom stereocenters. The van der Waals surface area contributed by atoms with Crippen molar-refractivity contribution in [2.24, 2.45) is 0 Å². The lowest BCUT2D eigenvalue weighted by Crippen LogP contribution is -2.45. The van der Waals surface area contributed by atoms with Crippen molar-refractivity contribution in [3.63, 3.8) is 0 Å². The number of quaternary nitrogens is 1. The predicted octanol–water partition coefficient (Wildman–Crippen LogP) is 18.9. The Morgan fingerprint density at radius 3 is 1.19 bits per heavy atom. The van der Waals surface area contributed by atoms with Crippen molar-refractivity contribution in [1.29, 1.82) is 0 Å². The number of rotatable bonds is 58. The average Bonchev–Trinajstić information content (AvgIpc) is 3.35. The minimum absolute atomic E-state index is 0.00530. The van der Waals surface area contributed by atoms with Crippen molar-refractivity contribution in [1.82, 2.24) is 5.32 Å². The van der Waals surface area contributed by atoms with Crippen molar-refractivity contribution in [3.8, 4) is 0 Å². The van der Waals surface area contributed by atoms with Crippen LogP contribution in [0, 0.1) is 0 Å². The number of phosphoric ester groups is 1. The summed E-state index contributed by atoms with van der Waals surface area (Å²) >= 11 is 0. The Kier molecular flexibility index (Phi) is 54.1. The van der Waals surface area contributed by atoms with Crippen molar-refractivity contribution in [2.75, 3.05) is 40.9 Å². The third kappa shape index (κ3) is 58.0. The number of phosphoric acid groups is 1. The van der Waals surface area contributed by atoms with Gasteiger partial charge in [0.2, 0.25) is 5.91 Å². The molecule has 0 rings (SSSR count). The van der Waals surface area contributed by atoms with E-state index in [2.05, 4.69) is 55.6 Å². The molecule has 0 spiro atoms. The zero-order valence-corrected chi connectivity index (χ0v) is 50.0. The van der Waals surface area contributed by atoms with Gasteiger partial charge in [-0.1, -0.05) is 281 Å². The second-order valence-electron chi connectivity index (χ2n) is 22.8. The van der Waals surface area contributed by atoms with E-state index >= 15 is 0 Å². The summed E-state index contributed by atoms with van der Waals surface area (Å²) in [5.41, 5.74) is 0. The number of carbonyl (C=O) groups is 1. The Labute approximate surface area is 454 Å². The maximum Gasteiger partial charge on any atom is 0.268 e. The molecule has 0 bridgehead atoms. The minimum atomic E-state index is -4.60. The van der Waals surface area contributed by atoms with E-state index < -0.39 is 26.6 Å². The molecule has 0 fully saturated rings. The first-order chi connectivity index (χ1) is 35.5. The van der Waals surface area contributed by atoms with E-state index in [9.17, 15) is 19.4 Å². The Morgan fingerprint density at radius 2 is 0.808 bits per heavy atom. The molecule has 0 aromatic heterocycles. The number of carbonyl (C=O) groups excluding carboxylic acids is 1. The highest BCUT2D eigenvalue weighted by Gasteiger charge is 2.23. The number of hydrogen-bond acceptors (Lipinski definition) is 6. The molecule has 8 nitrogen and oxygen atoms in total. The summed E-state index contributed by atoms with van der Waals surface area (Å²) in [5.74, 6) is -0.203. The van der Waals surface area contributed by atoms with Crippen molar-refractivity contribution >= 4 is 13.7 Å². The summed E-state index contributed by atoms with van der Waals surface area (Å²) in [5, 5.41) is 13.9. The highest BCUT2D eigenvalue weighted by Crippen LogP contribution is 2.38. The number of amides is 1. The lowest BCUT2D eigenvalue weighted by Gasteiger charge is -2.29. The number of unbranched alkanes of at least 4 members (excludes halogenated alkanes) is 39. The molecule has 0 aliphatic carbocycles. The fourth-order valence-electron chi connectivity index (χ4n) is 9.32. The summed E-state index contributed by atoms with van der Waals surface area (Å²) in [6.45, 7) is 4.64. The molecule has 2 N–H and O–H groups in total. The summed E-state index contributed by atoms with van der Waals surface area (Å²) in [4.78, 5) is 25.5. The van der Waals surface area contributed by atoms with E-state index in [-0.39, 0.29) is 12.5 Å². The average molecular weight is 1050 g/mol. The largest absolute Gasteiger partial charge is 0.756 e. The molecule has 9 heteroatoms. The molecular weight excluding hydrogens is 924 g/mol. The van der Waals surface area contributed by atoms with E-state index in [1.54, 1.807) is 6.08 Å². The van der Waals surface area contributed by atoms with Crippen LogP contribution in [0.3, 0.4) is 0 Å². The van der Waals surface area contributed by atoms with E-state index in [0.717, 1.165) is 44.9 Å². The standard InChI is InChI=1S/C64H123N2O6P/c1-6-8-10-12-14-16-18-20-22-24-25-26-27-28-29-30-31-32-33-34-35-36-37-38-39-40-41-42-44-46-48-50-52-54-56-58-64(68)65-62(61-72-73(69,70)71-60-59-66(3,4)5)63(67)57-55-53-51-49-47-45-43-23-21-19-17-15-13-11-9-7-2/h18,20,24-25,47,49,55,57,62-63,67H,6-17,19,21-23,26-46,48,50-54,56,58-61H2,1-5H3,(H-,65,68,69,70)/b20-18-,25-24-,49-47+,57-55+. The summed E-state index contributed by atoms with van der Waals surface area (Å²) in [6, 6.07) is -0.902. The summed E-state index contributed by atoms with van der Waals surface area (Å²) < 4.78 is 23.3. The van der Waals surface area contributed by atoms with Gasteiger partial charge in [-0.15, -0.1) is 0 Å². The minimum Gasteiger partial charge on any atom is -0.756 e. The van der Waals surface area contributed by atoms with Gasteiger partial charge in [0.25, 0.3) is 7.82 Å². The number of hydrogen-bond donors (Lipinski definition) is 2. The van der Waals surface area contributed by atoms with Crippen LogP contribution in [0.4, 0.5) is 0 Å². The molecule has 430 valence electrons. The van der Waals surface area contributed by atoms with Gasteiger partial charge in [0.1, 0.15) is 13.2 Å². The summed E-state index contributed by atoms with van der Waals surface area (Å²) in [6.07, 6.45) is 73.6. The Balaban J connectivity index is 4.00. The maximum absolute atomic E-state index is 13.0. The topological polar surface area (TPSA) is 108 Å². The van der Waals surface area contributed by atoms with Gasteiger partial charge in [-0.2, -0.15) is 0 Å². The van der Waals surface area contributed by atoms with E-state index in [1.807, 2.05) is 27.2 Å². The molecule has 0 heterocycles. The maximum atomic E-state index is 13.0. The number of likely N-dealkylation sites (N-methyl/N-ethyl adjacent to an activating group) is 1. The monoisotopic (exact) mass is 1050 g/mol. The second-order valence-corrected chi connectivity index (χ2v) is 24.2. The third-order valence-corrected chi connectivity index (χ3v) is 15.2. The van der Waals surface area contributed by atoms with Crippen LogP contribution in [-0.4, -0.2) is 68.5 Å². The van der Waals surface area contributed by atoms with Crippen LogP contribution in [0.5, 0.6) is 0 Å². The highest BCUT2D eigenvalue weighted by molar-refractivity contribution is 7.45. The summed E-state index contributed by atoms with van der Waals surface area (Å²) in [7, 11) is 1.25. The van der Waals surface area contributed by atoms with Crippen LogP contribution in [0.15, 0.2) is 48.6 Å².